The summed E-state index contributed by atoms with van der Waals surface area (Å²) in [6.45, 7) is 0. The van der Waals surface area contributed by atoms with Crippen LogP contribution in [-0.4, -0.2) is 25.0 Å². The van der Waals surface area contributed by atoms with Crippen molar-refractivity contribution in [2.45, 2.75) is 31.7 Å². The summed E-state index contributed by atoms with van der Waals surface area (Å²) in [5.74, 6) is -0.0111. The molecule has 0 fully saturated rings. The topological polar surface area (TPSA) is 70.2 Å². The van der Waals surface area contributed by atoms with E-state index in [0.29, 0.717) is 12.8 Å². The van der Waals surface area contributed by atoms with Gasteiger partial charge in [0.2, 0.25) is 5.91 Å². The number of hydrogen-bond donors (Lipinski definition) is 3. The van der Waals surface area contributed by atoms with Crippen molar-refractivity contribution >= 4 is 17.6 Å². The van der Waals surface area contributed by atoms with E-state index in [1.807, 2.05) is 36.4 Å². The molecule has 3 rings (SSSR count). The number of hydrogen-bond acceptors (Lipinski definition) is 2. The summed E-state index contributed by atoms with van der Waals surface area (Å²) in [6, 6.07) is 15.8. The number of anilines is 1. The highest BCUT2D eigenvalue weighted by molar-refractivity contribution is 5.90. The Labute approximate surface area is 147 Å². The number of amides is 3. The zero-order chi connectivity index (χ0) is 17.6. The zero-order valence-electron chi connectivity index (χ0n) is 14.3. The lowest BCUT2D eigenvalue weighted by Crippen LogP contribution is -2.38. The monoisotopic (exact) mass is 337 g/mol. The number of carbonyl (C=O) groups excluding carboxylic acids is 2. The Morgan fingerprint density at radius 3 is 2.32 bits per heavy atom. The summed E-state index contributed by atoms with van der Waals surface area (Å²) in [5, 5.41) is 8.59. The lowest BCUT2D eigenvalue weighted by atomic mass is 10.1. The minimum absolute atomic E-state index is 0.0111. The summed E-state index contributed by atoms with van der Waals surface area (Å²) in [6.07, 6.45) is 2.71. The van der Waals surface area contributed by atoms with Gasteiger partial charge in [-0.25, -0.2) is 4.79 Å². The Bertz CT molecular complexity index is 748. The molecule has 1 aliphatic rings. The largest absolute Gasteiger partial charge is 0.359 e. The van der Waals surface area contributed by atoms with Gasteiger partial charge in [-0.1, -0.05) is 42.5 Å². The van der Waals surface area contributed by atoms with Gasteiger partial charge in [0.05, 0.1) is 0 Å². The molecule has 0 atom stereocenters. The molecule has 0 saturated heterocycles. The van der Waals surface area contributed by atoms with Crippen LogP contribution in [0.3, 0.4) is 0 Å². The molecule has 0 bridgehead atoms. The van der Waals surface area contributed by atoms with Crippen LogP contribution in [-0.2, 0) is 24.1 Å². The third-order valence-electron chi connectivity index (χ3n) is 4.55. The SMILES string of the molecule is CNC(=O)CCc1ccccc1NC(=O)NC1Cc2ccccc2C1. The third kappa shape index (κ3) is 4.38. The van der Waals surface area contributed by atoms with Gasteiger partial charge in [-0.05, 0) is 42.0 Å². The fourth-order valence-electron chi connectivity index (χ4n) is 3.24. The predicted octanol–water partition coefficient (Wildman–Crippen LogP) is 2.65. The average molecular weight is 337 g/mol. The molecule has 1 aliphatic carbocycles. The van der Waals surface area contributed by atoms with Gasteiger partial charge < -0.3 is 16.0 Å². The number of aryl methyl sites for hydroxylation is 1. The first-order chi connectivity index (χ1) is 12.2. The van der Waals surface area contributed by atoms with Crippen molar-refractivity contribution in [1.82, 2.24) is 10.6 Å². The second kappa shape index (κ2) is 7.83. The van der Waals surface area contributed by atoms with E-state index in [0.717, 1.165) is 24.1 Å². The molecular weight excluding hydrogens is 314 g/mol. The molecule has 0 unspecified atom stereocenters. The van der Waals surface area contributed by atoms with Gasteiger partial charge in [-0.3, -0.25) is 4.79 Å². The molecule has 3 amide bonds. The van der Waals surface area contributed by atoms with Gasteiger partial charge in [0, 0.05) is 25.2 Å². The fourth-order valence-corrected chi connectivity index (χ4v) is 3.24. The highest BCUT2D eigenvalue weighted by atomic mass is 16.2. The third-order valence-corrected chi connectivity index (χ3v) is 4.55. The number of para-hydroxylation sites is 1. The van der Waals surface area contributed by atoms with Crippen LogP contribution in [0.4, 0.5) is 10.5 Å². The summed E-state index contributed by atoms with van der Waals surface area (Å²) in [4.78, 5) is 23.8. The summed E-state index contributed by atoms with van der Waals surface area (Å²) < 4.78 is 0. The minimum atomic E-state index is -0.204. The molecular formula is C20H23N3O2. The van der Waals surface area contributed by atoms with E-state index in [-0.39, 0.29) is 18.0 Å². The van der Waals surface area contributed by atoms with Gasteiger partial charge in [-0.15, -0.1) is 0 Å². The first-order valence-corrected chi connectivity index (χ1v) is 8.58. The van der Waals surface area contributed by atoms with Crippen LogP contribution in [0.1, 0.15) is 23.1 Å². The quantitative estimate of drug-likeness (QED) is 0.785. The minimum Gasteiger partial charge on any atom is -0.359 e. The molecule has 0 saturated carbocycles. The van der Waals surface area contributed by atoms with Crippen LogP contribution in [0.25, 0.3) is 0 Å². The normalized spacial score (nSPS) is 13.2. The van der Waals surface area contributed by atoms with Crippen LogP contribution in [0.15, 0.2) is 48.5 Å². The van der Waals surface area contributed by atoms with Gasteiger partial charge in [0.25, 0.3) is 0 Å². The summed E-state index contributed by atoms with van der Waals surface area (Å²) >= 11 is 0. The first kappa shape index (κ1) is 17.0. The maximum absolute atomic E-state index is 12.4. The lowest BCUT2D eigenvalue weighted by molar-refractivity contribution is -0.120. The van der Waals surface area contributed by atoms with Gasteiger partial charge in [0.15, 0.2) is 0 Å². The zero-order valence-corrected chi connectivity index (χ0v) is 14.3. The molecule has 0 aromatic heterocycles. The molecule has 0 heterocycles. The second-order valence-corrected chi connectivity index (χ2v) is 6.30. The molecule has 130 valence electrons. The van der Waals surface area contributed by atoms with Crippen LogP contribution in [0.2, 0.25) is 0 Å². The number of nitrogens with one attached hydrogen (secondary N) is 3. The van der Waals surface area contributed by atoms with Crippen molar-refractivity contribution in [3.63, 3.8) is 0 Å². The Morgan fingerprint density at radius 1 is 1.00 bits per heavy atom. The maximum atomic E-state index is 12.4. The summed E-state index contributed by atoms with van der Waals surface area (Å²) in [5.41, 5.74) is 4.31. The molecule has 3 N–H and O–H groups in total. The number of fused-ring (bicyclic) bond motifs is 1. The average Bonchev–Trinajstić information content (AvgIpc) is 3.02. The molecule has 5 nitrogen and oxygen atoms in total. The van der Waals surface area contributed by atoms with E-state index in [2.05, 4.69) is 28.1 Å². The Balaban J connectivity index is 1.57. The van der Waals surface area contributed by atoms with Crippen molar-refractivity contribution < 1.29 is 9.59 Å². The van der Waals surface area contributed by atoms with Gasteiger partial charge in [-0.2, -0.15) is 0 Å². The standard InChI is InChI=1S/C20H23N3O2/c1-21-19(24)11-10-14-6-4-5-9-18(14)23-20(25)22-17-12-15-7-2-3-8-16(15)13-17/h2-9,17H,10-13H2,1H3,(H,21,24)(H2,22,23,25). The Morgan fingerprint density at radius 2 is 1.64 bits per heavy atom. The van der Waals surface area contributed by atoms with Gasteiger partial charge >= 0.3 is 6.03 Å². The number of rotatable bonds is 5. The van der Waals surface area contributed by atoms with E-state index >= 15 is 0 Å². The Hall–Kier alpha value is -2.82. The van der Waals surface area contributed by atoms with Crippen LogP contribution < -0.4 is 16.0 Å². The molecule has 25 heavy (non-hydrogen) atoms. The number of carbonyl (C=O) groups is 2. The molecule has 2 aromatic rings. The summed E-state index contributed by atoms with van der Waals surface area (Å²) in [7, 11) is 1.62. The van der Waals surface area contributed by atoms with E-state index in [1.165, 1.54) is 11.1 Å². The van der Waals surface area contributed by atoms with E-state index in [1.54, 1.807) is 7.05 Å². The van der Waals surface area contributed by atoms with Crippen molar-refractivity contribution in [3.05, 3.63) is 65.2 Å². The van der Waals surface area contributed by atoms with E-state index in [9.17, 15) is 9.59 Å². The predicted molar refractivity (Wildman–Crippen MR) is 98.6 cm³/mol. The smallest absolute Gasteiger partial charge is 0.319 e. The molecule has 0 aliphatic heterocycles. The van der Waals surface area contributed by atoms with Crippen molar-refractivity contribution in [2.24, 2.45) is 0 Å². The van der Waals surface area contributed by atoms with E-state index < -0.39 is 0 Å². The van der Waals surface area contributed by atoms with Crippen molar-refractivity contribution in [1.29, 1.82) is 0 Å². The van der Waals surface area contributed by atoms with E-state index in [4.69, 9.17) is 0 Å². The van der Waals surface area contributed by atoms with Crippen LogP contribution >= 0.6 is 0 Å². The molecule has 0 spiro atoms. The lowest BCUT2D eigenvalue weighted by Gasteiger charge is -2.15. The highest BCUT2D eigenvalue weighted by Gasteiger charge is 2.22. The van der Waals surface area contributed by atoms with Crippen LogP contribution in [0, 0.1) is 0 Å². The highest BCUT2D eigenvalue weighted by Crippen LogP contribution is 2.22. The van der Waals surface area contributed by atoms with Gasteiger partial charge in [0.1, 0.15) is 0 Å². The fraction of sp³-hybridized carbons (Fsp3) is 0.300. The second-order valence-electron chi connectivity index (χ2n) is 6.30. The maximum Gasteiger partial charge on any atom is 0.319 e. The number of benzene rings is 2. The molecule has 5 heteroatoms. The first-order valence-electron chi connectivity index (χ1n) is 8.58. The van der Waals surface area contributed by atoms with Crippen molar-refractivity contribution in [2.75, 3.05) is 12.4 Å². The van der Waals surface area contributed by atoms with Crippen LogP contribution in [0.5, 0.6) is 0 Å². The number of urea groups is 1. The Kier molecular flexibility index (Phi) is 5.33. The molecule has 2 aromatic carbocycles. The van der Waals surface area contributed by atoms with Crippen molar-refractivity contribution in [3.8, 4) is 0 Å². The molecule has 0 radical (unpaired) electrons.